The van der Waals surface area contributed by atoms with Gasteiger partial charge in [0.2, 0.25) is 0 Å². The lowest BCUT2D eigenvalue weighted by atomic mass is 10.1. The van der Waals surface area contributed by atoms with Gasteiger partial charge in [0.1, 0.15) is 0 Å². The summed E-state index contributed by atoms with van der Waals surface area (Å²) in [6, 6.07) is 20.0. The number of hydrogen-bond acceptors (Lipinski definition) is 3. The van der Waals surface area contributed by atoms with Crippen LogP contribution >= 0.6 is 0 Å². The first-order valence-corrected chi connectivity index (χ1v) is 9.08. The van der Waals surface area contributed by atoms with Gasteiger partial charge in [0, 0.05) is 49.5 Å². The van der Waals surface area contributed by atoms with Crippen LogP contribution in [0.4, 0.5) is 5.69 Å². The van der Waals surface area contributed by atoms with Crippen LogP contribution in [-0.2, 0) is 6.54 Å². The third-order valence-electron chi connectivity index (χ3n) is 5.13. The lowest BCUT2D eigenvalue weighted by Crippen LogP contribution is -2.51. The molecular formula is C22H25N3. The van der Waals surface area contributed by atoms with Crippen LogP contribution in [0.1, 0.15) is 18.1 Å². The Morgan fingerprint density at radius 2 is 1.84 bits per heavy atom. The molecule has 1 atom stereocenters. The molecule has 3 aromatic rings. The fourth-order valence-electron chi connectivity index (χ4n) is 3.76. The van der Waals surface area contributed by atoms with Crippen molar-refractivity contribution in [3.63, 3.8) is 0 Å². The third-order valence-corrected chi connectivity index (χ3v) is 5.13. The van der Waals surface area contributed by atoms with Crippen molar-refractivity contribution in [1.82, 2.24) is 9.88 Å². The minimum atomic E-state index is 0.518. The van der Waals surface area contributed by atoms with Gasteiger partial charge in [0.25, 0.3) is 0 Å². The lowest BCUT2D eigenvalue weighted by Gasteiger charge is -2.41. The molecule has 4 rings (SSSR count). The molecular weight excluding hydrogens is 306 g/mol. The van der Waals surface area contributed by atoms with E-state index in [9.17, 15) is 0 Å². The van der Waals surface area contributed by atoms with Crippen LogP contribution in [0.5, 0.6) is 0 Å². The first kappa shape index (κ1) is 16.1. The van der Waals surface area contributed by atoms with E-state index in [0.29, 0.717) is 6.04 Å². The highest BCUT2D eigenvalue weighted by atomic mass is 15.3. The van der Waals surface area contributed by atoms with Crippen molar-refractivity contribution >= 4 is 16.6 Å². The van der Waals surface area contributed by atoms with Crippen LogP contribution in [-0.4, -0.2) is 35.6 Å². The summed E-state index contributed by atoms with van der Waals surface area (Å²) in [4.78, 5) is 9.66. The number of fused-ring (bicyclic) bond motifs is 1. The van der Waals surface area contributed by atoms with Gasteiger partial charge in [0.15, 0.2) is 0 Å². The van der Waals surface area contributed by atoms with E-state index in [1.54, 1.807) is 0 Å². The maximum atomic E-state index is 4.60. The van der Waals surface area contributed by atoms with Crippen LogP contribution < -0.4 is 4.90 Å². The third kappa shape index (κ3) is 3.52. The predicted octanol–water partition coefficient (Wildman–Crippen LogP) is 4.25. The molecule has 0 spiro atoms. The number of nitrogens with zero attached hydrogens (tertiary/aromatic N) is 3. The highest BCUT2D eigenvalue weighted by Crippen LogP contribution is 2.22. The zero-order chi connectivity index (χ0) is 17.2. The molecule has 128 valence electrons. The summed E-state index contributed by atoms with van der Waals surface area (Å²) in [5, 5.41) is 1.23. The first-order valence-electron chi connectivity index (χ1n) is 9.08. The summed E-state index contributed by atoms with van der Waals surface area (Å²) in [5.74, 6) is 0. The van der Waals surface area contributed by atoms with E-state index in [1.165, 1.54) is 22.2 Å². The Kier molecular flexibility index (Phi) is 4.41. The van der Waals surface area contributed by atoms with Crippen molar-refractivity contribution in [2.24, 2.45) is 0 Å². The van der Waals surface area contributed by atoms with Crippen molar-refractivity contribution in [1.29, 1.82) is 0 Å². The summed E-state index contributed by atoms with van der Waals surface area (Å²) in [5.41, 5.74) is 5.03. The largest absolute Gasteiger partial charge is 0.366 e. The SMILES string of the molecule is Cc1ccc(N2CCN(Cc3cnc4ccccc4c3)CC2C)cc1. The maximum Gasteiger partial charge on any atom is 0.0702 e. The summed E-state index contributed by atoms with van der Waals surface area (Å²) < 4.78 is 0. The molecule has 1 saturated heterocycles. The standard InChI is InChI=1S/C22H25N3/c1-17-7-9-21(10-8-17)25-12-11-24(15-18(25)2)16-19-13-20-5-3-4-6-22(20)23-14-19/h3-10,13-14,18H,11-12,15-16H2,1-2H3. The first-order chi connectivity index (χ1) is 12.2. The van der Waals surface area contributed by atoms with Gasteiger partial charge in [0.05, 0.1) is 5.52 Å². The highest BCUT2D eigenvalue weighted by molar-refractivity contribution is 5.78. The van der Waals surface area contributed by atoms with Gasteiger partial charge in [-0.15, -0.1) is 0 Å². The summed E-state index contributed by atoms with van der Waals surface area (Å²) >= 11 is 0. The number of aryl methyl sites for hydroxylation is 1. The van der Waals surface area contributed by atoms with Crippen LogP contribution in [0.25, 0.3) is 10.9 Å². The van der Waals surface area contributed by atoms with Gasteiger partial charge in [-0.2, -0.15) is 0 Å². The molecule has 2 aromatic carbocycles. The van der Waals surface area contributed by atoms with Crippen molar-refractivity contribution in [3.05, 3.63) is 71.9 Å². The number of aromatic nitrogens is 1. The van der Waals surface area contributed by atoms with Gasteiger partial charge in [-0.1, -0.05) is 35.9 Å². The van der Waals surface area contributed by atoms with Gasteiger partial charge < -0.3 is 4.90 Å². The second-order valence-corrected chi connectivity index (χ2v) is 7.15. The molecule has 1 unspecified atom stereocenters. The zero-order valence-electron chi connectivity index (χ0n) is 15.0. The van der Waals surface area contributed by atoms with E-state index in [4.69, 9.17) is 0 Å². The molecule has 1 aliphatic rings. The topological polar surface area (TPSA) is 19.4 Å². The predicted molar refractivity (Wildman–Crippen MR) is 105 cm³/mol. The monoisotopic (exact) mass is 331 g/mol. The van der Waals surface area contributed by atoms with Crippen molar-refractivity contribution < 1.29 is 0 Å². The van der Waals surface area contributed by atoms with E-state index in [2.05, 4.69) is 77.2 Å². The Labute approximate surface area is 149 Å². The van der Waals surface area contributed by atoms with E-state index in [1.807, 2.05) is 12.3 Å². The number of anilines is 1. The molecule has 0 bridgehead atoms. The smallest absolute Gasteiger partial charge is 0.0702 e. The quantitative estimate of drug-likeness (QED) is 0.715. The number of benzene rings is 2. The Bertz CT molecular complexity index is 857. The molecule has 1 aliphatic heterocycles. The summed E-state index contributed by atoms with van der Waals surface area (Å²) in [6.45, 7) is 8.69. The molecule has 1 fully saturated rings. The molecule has 2 heterocycles. The van der Waals surface area contributed by atoms with Gasteiger partial charge in [-0.3, -0.25) is 9.88 Å². The number of pyridine rings is 1. The second-order valence-electron chi connectivity index (χ2n) is 7.15. The summed E-state index contributed by atoms with van der Waals surface area (Å²) in [7, 11) is 0. The van der Waals surface area contributed by atoms with E-state index in [0.717, 1.165) is 31.7 Å². The lowest BCUT2D eigenvalue weighted by molar-refractivity contribution is 0.221. The van der Waals surface area contributed by atoms with Crippen LogP contribution in [0.3, 0.4) is 0 Å². The van der Waals surface area contributed by atoms with Crippen molar-refractivity contribution in [2.75, 3.05) is 24.5 Å². The molecule has 0 radical (unpaired) electrons. The average Bonchev–Trinajstić information content (AvgIpc) is 2.63. The van der Waals surface area contributed by atoms with Crippen molar-refractivity contribution in [3.8, 4) is 0 Å². The normalized spacial score (nSPS) is 18.6. The molecule has 25 heavy (non-hydrogen) atoms. The molecule has 0 saturated carbocycles. The number of piperazine rings is 1. The number of hydrogen-bond donors (Lipinski definition) is 0. The average molecular weight is 331 g/mol. The number of rotatable bonds is 3. The number of para-hydroxylation sites is 1. The van der Waals surface area contributed by atoms with Crippen molar-refractivity contribution in [2.45, 2.75) is 26.4 Å². The fraction of sp³-hybridized carbons (Fsp3) is 0.318. The van der Waals surface area contributed by atoms with E-state index < -0.39 is 0 Å². The molecule has 3 nitrogen and oxygen atoms in total. The second kappa shape index (κ2) is 6.85. The molecule has 1 aromatic heterocycles. The van der Waals surface area contributed by atoms with Gasteiger partial charge in [-0.25, -0.2) is 0 Å². The van der Waals surface area contributed by atoms with Gasteiger partial charge >= 0.3 is 0 Å². The van der Waals surface area contributed by atoms with Crippen LogP contribution in [0.15, 0.2) is 60.8 Å². The van der Waals surface area contributed by atoms with Gasteiger partial charge in [-0.05, 0) is 43.7 Å². The Hall–Kier alpha value is -2.39. The Morgan fingerprint density at radius 1 is 1.04 bits per heavy atom. The molecule has 0 N–H and O–H groups in total. The molecule has 3 heteroatoms. The minimum Gasteiger partial charge on any atom is -0.366 e. The highest BCUT2D eigenvalue weighted by Gasteiger charge is 2.23. The summed E-state index contributed by atoms with van der Waals surface area (Å²) in [6.07, 6.45) is 2.03. The van der Waals surface area contributed by atoms with E-state index in [-0.39, 0.29) is 0 Å². The molecule has 0 amide bonds. The van der Waals surface area contributed by atoms with Crippen LogP contribution in [0.2, 0.25) is 0 Å². The molecule has 0 aliphatic carbocycles. The maximum absolute atomic E-state index is 4.60. The van der Waals surface area contributed by atoms with E-state index >= 15 is 0 Å². The Morgan fingerprint density at radius 3 is 2.64 bits per heavy atom. The zero-order valence-corrected chi connectivity index (χ0v) is 15.0. The Balaban J connectivity index is 1.44. The minimum absolute atomic E-state index is 0.518. The van der Waals surface area contributed by atoms with Crippen LogP contribution in [0, 0.1) is 6.92 Å². The fourth-order valence-corrected chi connectivity index (χ4v) is 3.76.